The maximum absolute atomic E-state index is 12.2. The maximum atomic E-state index is 12.2. The molecule has 0 N–H and O–H groups in total. The minimum atomic E-state index is -0.213. The lowest BCUT2D eigenvalue weighted by atomic mass is 9.66. The molecule has 31 heavy (non-hydrogen) atoms. The van der Waals surface area contributed by atoms with Crippen LogP contribution < -0.4 is 0 Å². The molecule has 3 aliphatic carbocycles. The summed E-state index contributed by atoms with van der Waals surface area (Å²) in [4.78, 5) is 13.4. The van der Waals surface area contributed by atoms with Crippen LogP contribution in [0.2, 0.25) is 0 Å². The number of rotatable bonds is 3. The molecule has 0 aromatic heterocycles. The molecule has 2 saturated heterocycles. The summed E-state index contributed by atoms with van der Waals surface area (Å²) in [5, 5.41) is 0. The number of ketones is 1. The van der Waals surface area contributed by atoms with Crippen LogP contribution in [0, 0.1) is 11.8 Å². The Kier molecular flexibility index (Phi) is 4.48. The van der Waals surface area contributed by atoms with E-state index < -0.39 is 0 Å². The average Bonchev–Trinajstić information content (AvgIpc) is 3.38. The molecule has 162 valence electrons. The number of benzene rings is 1. The highest BCUT2D eigenvalue weighted by Gasteiger charge is 2.79. The van der Waals surface area contributed by atoms with Gasteiger partial charge >= 0.3 is 0 Å². The Balaban J connectivity index is 1.50. The molecule has 3 fully saturated rings. The van der Waals surface area contributed by atoms with Crippen LogP contribution in [0.1, 0.15) is 57.1 Å². The molecular weight excluding hydrogens is 404 g/mol. The molecule has 1 aromatic rings. The summed E-state index contributed by atoms with van der Waals surface area (Å²) in [6, 6.07) is 8.85. The third kappa shape index (κ3) is 2.71. The monoisotopic (exact) mass is 434 g/mol. The van der Waals surface area contributed by atoms with E-state index in [4.69, 9.17) is 9.47 Å². The predicted molar refractivity (Wildman–Crippen MR) is 123 cm³/mol. The van der Waals surface area contributed by atoms with Crippen molar-refractivity contribution >= 4 is 17.5 Å². The Morgan fingerprint density at radius 3 is 2.68 bits per heavy atom. The van der Waals surface area contributed by atoms with E-state index in [2.05, 4.69) is 44.0 Å². The number of allylic oxidation sites excluding steroid dienone is 3. The van der Waals surface area contributed by atoms with Crippen molar-refractivity contribution in [2.45, 2.75) is 67.7 Å². The fourth-order valence-electron chi connectivity index (χ4n) is 7.08. The summed E-state index contributed by atoms with van der Waals surface area (Å²) in [5.41, 5.74) is 6.07. The summed E-state index contributed by atoms with van der Waals surface area (Å²) in [6.45, 7) is 7.05. The van der Waals surface area contributed by atoms with Gasteiger partial charge in [0.05, 0.1) is 6.61 Å². The summed E-state index contributed by atoms with van der Waals surface area (Å²) >= 11 is 1.76. The Hall–Kier alpha value is -1.62. The first-order valence-corrected chi connectivity index (χ1v) is 12.8. The van der Waals surface area contributed by atoms with E-state index in [0.29, 0.717) is 24.9 Å². The molecule has 5 atom stereocenters. The number of ether oxygens (including phenoxy) is 2. The SMILES string of the molecule is C=C(C)C12CCC3C4CCC5=CC(=O)CCC5=C4[C@@H](c4ccc(SC)cc4)OC[C@@]31O2. The van der Waals surface area contributed by atoms with Gasteiger partial charge < -0.3 is 9.47 Å². The topological polar surface area (TPSA) is 38.8 Å². The predicted octanol–water partition coefficient (Wildman–Crippen LogP) is 5.97. The Bertz CT molecular complexity index is 1040. The Morgan fingerprint density at radius 2 is 1.97 bits per heavy atom. The van der Waals surface area contributed by atoms with Crippen LogP contribution in [0.25, 0.3) is 0 Å². The van der Waals surface area contributed by atoms with Crippen molar-refractivity contribution in [3.05, 3.63) is 64.8 Å². The van der Waals surface area contributed by atoms with Gasteiger partial charge in [0.15, 0.2) is 5.78 Å². The van der Waals surface area contributed by atoms with Crippen molar-refractivity contribution in [3.63, 3.8) is 0 Å². The number of carbonyl (C=O) groups is 1. The van der Waals surface area contributed by atoms with Crippen molar-refractivity contribution in [2.24, 2.45) is 11.8 Å². The maximum Gasteiger partial charge on any atom is 0.156 e. The van der Waals surface area contributed by atoms with Gasteiger partial charge in [0.1, 0.15) is 17.3 Å². The molecule has 6 rings (SSSR count). The second-order valence-corrected chi connectivity index (χ2v) is 10.8. The van der Waals surface area contributed by atoms with Crippen LogP contribution in [0.5, 0.6) is 0 Å². The number of hydrogen-bond acceptors (Lipinski definition) is 4. The second kappa shape index (κ2) is 6.94. The van der Waals surface area contributed by atoms with Crippen LogP contribution in [0.3, 0.4) is 0 Å². The van der Waals surface area contributed by atoms with Crippen LogP contribution >= 0.6 is 11.8 Å². The van der Waals surface area contributed by atoms with Gasteiger partial charge in [-0.2, -0.15) is 0 Å². The van der Waals surface area contributed by atoms with E-state index in [9.17, 15) is 4.79 Å². The van der Waals surface area contributed by atoms with Gasteiger partial charge in [-0.15, -0.1) is 11.8 Å². The Morgan fingerprint density at radius 1 is 1.16 bits per heavy atom. The zero-order chi connectivity index (χ0) is 21.4. The van der Waals surface area contributed by atoms with Crippen LogP contribution in [-0.4, -0.2) is 29.8 Å². The lowest BCUT2D eigenvalue weighted by molar-refractivity contribution is -0.114. The molecule has 3 nitrogen and oxygen atoms in total. The quantitative estimate of drug-likeness (QED) is 0.334. The van der Waals surface area contributed by atoms with Crippen LogP contribution in [0.15, 0.2) is 64.1 Å². The molecular formula is C27H30O3S. The van der Waals surface area contributed by atoms with Gasteiger partial charge in [-0.3, -0.25) is 4.79 Å². The van der Waals surface area contributed by atoms with Gasteiger partial charge in [-0.1, -0.05) is 18.7 Å². The molecule has 0 amide bonds. The number of carbonyl (C=O) groups excluding carboxylic acids is 1. The van der Waals surface area contributed by atoms with Crippen LogP contribution in [-0.2, 0) is 14.3 Å². The fraction of sp³-hybridized carbons (Fsp3) is 0.519. The van der Waals surface area contributed by atoms with Crippen molar-refractivity contribution in [2.75, 3.05) is 12.9 Å². The smallest absolute Gasteiger partial charge is 0.156 e. The number of hydrogen-bond donors (Lipinski definition) is 0. The fourth-order valence-corrected chi connectivity index (χ4v) is 7.49. The average molecular weight is 435 g/mol. The summed E-state index contributed by atoms with van der Waals surface area (Å²) in [5.74, 6) is 1.20. The first-order chi connectivity index (χ1) is 15.0. The van der Waals surface area contributed by atoms with Crippen molar-refractivity contribution < 1.29 is 14.3 Å². The minimum absolute atomic E-state index is 0.0557. The highest BCUT2D eigenvalue weighted by Crippen LogP contribution is 2.70. The zero-order valence-corrected chi connectivity index (χ0v) is 19.2. The van der Waals surface area contributed by atoms with Gasteiger partial charge in [0.25, 0.3) is 0 Å². The molecule has 4 heteroatoms. The molecule has 3 unspecified atom stereocenters. The first-order valence-electron chi connectivity index (χ1n) is 11.6. The lowest BCUT2D eigenvalue weighted by Crippen LogP contribution is -2.35. The third-order valence-corrected chi connectivity index (χ3v) is 9.31. The standard InChI is InChI=1S/C27H30O3S/c1-16(2)26-13-12-23-22-10-6-18-14-19(28)7-11-21(18)24(22)25(29-15-27(23,26)30-26)17-4-8-20(31-3)9-5-17/h4-5,8-9,14,22-23,25H,1,6-7,10-13,15H2,2-3H3/t22?,23?,25-,26?,27-/m1/s1. The largest absolute Gasteiger partial charge is 0.366 e. The van der Waals surface area contributed by atoms with E-state index in [1.54, 1.807) is 11.8 Å². The molecule has 1 saturated carbocycles. The van der Waals surface area contributed by atoms with E-state index in [1.165, 1.54) is 33.6 Å². The van der Waals surface area contributed by atoms with Gasteiger partial charge in [0.2, 0.25) is 0 Å². The van der Waals surface area contributed by atoms with Crippen molar-refractivity contribution in [1.29, 1.82) is 0 Å². The molecule has 5 aliphatic rings. The molecule has 1 aromatic carbocycles. The minimum Gasteiger partial charge on any atom is -0.366 e. The number of thioether (sulfide) groups is 1. The summed E-state index contributed by atoms with van der Waals surface area (Å²) in [7, 11) is 0. The van der Waals surface area contributed by atoms with Crippen LogP contribution in [0.4, 0.5) is 0 Å². The first kappa shape index (κ1) is 20.0. The third-order valence-electron chi connectivity index (χ3n) is 8.56. The zero-order valence-electron chi connectivity index (χ0n) is 18.4. The van der Waals surface area contributed by atoms with Gasteiger partial charge in [0, 0.05) is 17.2 Å². The summed E-state index contributed by atoms with van der Waals surface area (Å²) < 4.78 is 13.4. The normalized spacial score (nSPS) is 38.5. The molecule has 0 bridgehead atoms. The van der Waals surface area contributed by atoms with E-state index in [1.807, 2.05) is 6.08 Å². The lowest BCUT2D eigenvalue weighted by Gasteiger charge is -2.37. The van der Waals surface area contributed by atoms with E-state index in [0.717, 1.165) is 31.3 Å². The number of fused-ring (bicyclic) bond motifs is 3. The molecule has 2 aliphatic heterocycles. The summed E-state index contributed by atoms with van der Waals surface area (Å²) in [6.07, 6.45) is 9.76. The Labute approximate surface area is 189 Å². The van der Waals surface area contributed by atoms with Gasteiger partial charge in [-0.25, -0.2) is 0 Å². The molecule has 2 heterocycles. The highest BCUT2D eigenvalue weighted by molar-refractivity contribution is 7.98. The van der Waals surface area contributed by atoms with Gasteiger partial charge in [-0.05, 0) is 97.3 Å². The highest BCUT2D eigenvalue weighted by atomic mass is 32.2. The van der Waals surface area contributed by atoms with Crippen molar-refractivity contribution in [1.82, 2.24) is 0 Å². The number of epoxide rings is 1. The van der Waals surface area contributed by atoms with Crippen molar-refractivity contribution in [3.8, 4) is 0 Å². The second-order valence-electron chi connectivity index (χ2n) is 9.92. The van der Waals surface area contributed by atoms with E-state index in [-0.39, 0.29) is 23.1 Å². The molecule has 1 spiro atoms. The molecule has 0 radical (unpaired) electrons. The van der Waals surface area contributed by atoms with E-state index >= 15 is 0 Å².